The van der Waals surface area contributed by atoms with Crippen LogP contribution in [0.25, 0.3) is 0 Å². The van der Waals surface area contributed by atoms with Crippen molar-refractivity contribution in [3.8, 4) is 0 Å². The highest BCUT2D eigenvalue weighted by Crippen LogP contribution is 2.28. The first-order chi connectivity index (χ1) is 5.82. The molecular formula is C8H13BrN4. The molecule has 0 aliphatic heterocycles. The topological polar surface area (TPSA) is 77.8 Å². The van der Waals surface area contributed by atoms with Gasteiger partial charge in [0.2, 0.25) is 0 Å². The van der Waals surface area contributed by atoms with E-state index < -0.39 is 0 Å². The number of rotatable bonds is 0. The zero-order chi connectivity index (χ0) is 10.2. The molecule has 0 atom stereocenters. The molecule has 0 unspecified atom stereocenters. The van der Waals surface area contributed by atoms with Crippen molar-refractivity contribution < 1.29 is 0 Å². The first-order valence-corrected chi connectivity index (χ1v) is 4.70. The third-order valence-electron chi connectivity index (χ3n) is 1.62. The molecule has 0 saturated carbocycles. The summed E-state index contributed by atoms with van der Waals surface area (Å²) in [5.41, 5.74) is 11.8. The van der Waals surface area contributed by atoms with Crippen LogP contribution in [0.2, 0.25) is 0 Å². The molecule has 0 bridgehead atoms. The highest BCUT2D eigenvalue weighted by molar-refractivity contribution is 9.10. The van der Waals surface area contributed by atoms with Crippen LogP contribution in [0.5, 0.6) is 0 Å². The molecule has 1 aromatic rings. The molecule has 0 aliphatic carbocycles. The SMILES string of the molecule is CC(C)(C)c1nc(N)c(N)nc1Br. The quantitative estimate of drug-likeness (QED) is 0.729. The lowest BCUT2D eigenvalue weighted by Crippen LogP contribution is -2.17. The lowest BCUT2D eigenvalue weighted by molar-refractivity contribution is 0.562. The van der Waals surface area contributed by atoms with E-state index in [2.05, 4.69) is 25.9 Å². The van der Waals surface area contributed by atoms with Crippen molar-refractivity contribution >= 4 is 27.6 Å². The van der Waals surface area contributed by atoms with Gasteiger partial charge < -0.3 is 11.5 Å². The fraction of sp³-hybridized carbons (Fsp3) is 0.500. The Kier molecular flexibility index (Phi) is 2.47. The molecule has 0 aromatic carbocycles. The minimum Gasteiger partial charge on any atom is -0.381 e. The van der Waals surface area contributed by atoms with Gasteiger partial charge in [0.25, 0.3) is 0 Å². The summed E-state index contributed by atoms with van der Waals surface area (Å²) in [4.78, 5) is 8.23. The normalized spacial score (nSPS) is 11.7. The predicted molar refractivity (Wildman–Crippen MR) is 57.3 cm³/mol. The standard InChI is InChI=1S/C8H13BrN4/c1-8(2,3)4-5(9)13-7(11)6(10)12-4/h1-3H3,(H2,10,12)(H2,11,13). The Bertz CT molecular complexity index is 330. The highest BCUT2D eigenvalue weighted by Gasteiger charge is 2.21. The molecule has 13 heavy (non-hydrogen) atoms. The van der Waals surface area contributed by atoms with Crippen LogP contribution in [-0.4, -0.2) is 9.97 Å². The van der Waals surface area contributed by atoms with Crippen LogP contribution < -0.4 is 11.5 Å². The van der Waals surface area contributed by atoms with Crippen molar-refractivity contribution in [3.63, 3.8) is 0 Å². The number of hydrogen-bond acceptors (Lipinski definition) is 4. The van der Waals surface area contributed by atoms with E-state index in [1.54, 1.807) is 0 Å². The van der Waals surface area contributed by atoms with Crippen molar-refractivity contribution in [3.05, 3.63) is 10.3 Å². The van der Waals surface area contributed by atoms with E-state index in [0.717, 1.165) is 5.69 Å². The summed E-state index contributed by atoms with van der Waals surface area (Å²) in [6, 6.07) is 0. The number of hydrogen-bond donors (Lipinski definition) is 2. The summed E-state index contributed by atoms with van der Waals surface area (Å²) in [7, 11) is 0. The van der Waals surface area contributed by atoms with Gasteiger partial charge in [0, 0.05) is 5.41 Å². The molecule has 1 heterocycles. The fourth-order valence-electron chi connectivity index (χ4n) is 0.917. The third kappa shape index (κ3) is 2.09. The molecule has 0 aliphatic rings. The largest absolute Gasteiger partial charge is 0.381 e. The molecule has 72 valence electrons. The van der Waals surface area contributed by atoms with E-state index in [9.17, 15) is 0 Å². The van der Waals surface area contributed by atoms with E-state index in [1.165, 1.54) is 0 Å². The lowest BCUT2D eigenvalue weighted by atomic mass is 9.93. The van der Waals surface area contributed by atoms with Crippen LogP contribution in [0, 0.1) is 0 Å². The van der Waals surface area contributed by atoms with Gasteiger partial charge in [-0.3, -0.25) is 0 Å². The van der Waals surface area contributed by atoms with Gasteiger partial charge in [0.1, 0.15) is 4.60 Å². The Morgan fingerprint density at radius 1 is 1.08 bits per heavy atom. The van der Waals surface area contributed by atoms with Gasteiger partial charge in [-0.25, -0.2) is 9.97 Å². The summed E-state index contributed by atoms with van der Waals surface area (Å²) < 4.78 is 0.659. The molecule has 0 fully saturated rings. The first-order valence-electron chi connectivity index (χ1n) is 3.91. The average Bonchev–Trinajstić information content (AvgIpc) is 1.94. The summed E-state index contributed by atoms with van der Waals surface area (Å²) in [6.45, 7) is 6.12. The molecule has 4 N–H and O–H groups in total. The van der Waals surface area contributed by atoms with Crippen molar-refractivity contribution in [2.45, 2.75) is 26.2 Å². The second-order valence-corrected chi connectivity index (χ2v) is 4.63. The molecule has 0 amide bonds. The van der Waals surface area contributed by atoms with E-state index in [-0.39, 0.29) is 17.1 Å². The van der Waals surface area contributed by atoms with Gasteiger partial charge in [0.15, 0.2) is 11.6 Å². The number of halogens is 1. The average molecular weight is 245 g/mol. The minimum atomic E-state index is -0.0896. The first kappa shape index (κ1) is 10.2. The third-order valence-corrected chi connectivity index (χ3v) is 2.17. The van der Waals surface area contributed by atoms with Gasteiger partial charge in [-0.05, 0) is 15.9 Å². The lowest BCUT2D eigenvalue weighted by Gasteiger charge is -2.19. The summed E-state index contributed by atoms with van der Waals surface area (Å²) in [5, 5.41) is 0. The summed E-state index contributed by atoms with van der Waals surface area (Å²) in [5.74, 6) is 0.549. The zero-order valence-electron chi connectivity index (χ0n) is 7.93. The Morgan fingerprint density at radius 3 is 2.00 bits per heavy atom. The number of nitrogens with two attached hydrogens (primary N) is 2. The fourth-order valence-corrected chi connectivity index (χ4v) is 1.79. The van der Waals surface area contributed by atoms with Crippen molar-refractivity contribution in [2.75, 3.05) is 11.5 Å². The van der Waals surface area contributed by atoms with Gasteiger partial charge in [-0.2, -0.15) is 0 Å². The smallest absolute Gasteiger partial charge is 0.167 e. The Balaban J connectivity index is 3.32. The van der Waals surface area contributed by atoms with Gasteiger partial charge >= 0.3 is 0 Å². The van der Waals surface area contributed by atoms with Crippen molar-refractivity contribution in [1.29, 1.82) is 0 Å². The molecular weight excluding hydrogens is 232 g/mol. The molecule has 1 aromatic heterocycles. The number of anilines is 2. The van der Waals surface area contributed by atoms with Gasteiger partial charge in [-0.15, -0.1) is 0 Å². The van der Waals surface area contributed by atoms with Crippen LogP contribution in [0.1, 0.15) is 26.5 Å². The summed E-state index contributed by atoms with van der Waals surface area (Å²) in [6.07, 6.45) is 0. The number of nitrogen functional groups attached to an aromatic ring is 2. The van der Waals surface area contributed by atoms with Crippen molar-refractivity contribution in [1.82, 2.24) is 9.97 Å². The maximum Gasteiger partial charge on any atom is 0.167 e. The molecule has 1 rings (SSSR count). The molecule has 4 nitrogen and oxygen atoms in total. The highest BCUT2D eigenvalue weighted by atomic mass is 79.9. The second-order valence-electron chi connectivity index (χ2n) is 3.88. The number of aromatic nitrogens is 2. The van der Waals surface area contributed by atoms with E-state index in [4.69, 9.17) is 11.5 Å². The Morgan fingerprint density at radius 2 is 1.54 bits per heavy atom. The number of nitrogens with zero attached hydrogens (tertiary/aromatic N) is 2. The van der Waals surface area contributed by atoms with Gasteiger partial charge in [0.05, 0.1) is 5.69 Å². The second kappa shape index (κ2) is 3.14. The molecule has 0 spiro atoms. The van der Waals surface area contributed by atoms with Crippen LogP contribution in [0.4, 0.5) is 11.6 Å². The summed E-state index contributed by atoms with van der Waals surface area (Å²) >= 11 is 3.31. The Labute approximate surface area is 85.9 Å². The van der Waals surface area contributed by atoms with Crippen molar-refractivity contribution in [2.24, 2.45) is 0 Å². The predicted octanol–water partition coefficient (Wildman–Crippen LogP) is 1.70. The molecule has 0 saturated heterocycles. The maximum atomic E-state index is 5.57. The van der Waals surface area contributed by atoms with E-state index in [0.29, 0.717) is 4.60 Å². The monoisotopic (exact) mass is 244 g/mol. The van der Waals surface area contributed by atoms with Crippen LogP contribution in [0.15, 0.2) is 4.60 Å². The zero-order valence-corrected chi connectivity index (χ0v) is 9.51. The minimum absolute atomic E-state index is 0.0896. The van der Waals surface area contributed by atoms with E-state index in [1.807, 2.05) is 20.8 Å². The Hall–Kier alpha value is -0.840. The maximum absolute atomic E-state index is 5.57. The van der Waals surface area contributed by atoms with E-state index >= 15 is 0 Å². The molecule has 5 heteroatoms. The van der Waals surface area contributed by atoms with Gasteiger partial charge in [-0.1, -0.05) is 20.8 Å². The van der Waals surface area contributed by atoms with Crippen LogP contribution in [-0.2, 0) is 5.41 Å². The molecule has 0 radical (unpaired) electrons. The van der Waals surface area contributed by atoms with Crippen LogP contribution in [0.3, 0.4) is 0 Å². The van der Waals surface area contributed by atoms with Crippen LogP contribution >= 0.6 is 15.9 Å².